The molecule has 0 N–H and O–H groups in total. The molecular formula is C15H21BrO. The number of alkyl halides is 1. The van der Waals surface area contributed by atoms with E-state index in [-0.39, 0.29) is 5.41 Å². The summed E-state index contributed by atoms with van der Waals surface area (Å²) in [6, 6.07) is 8.22. The Bertz CT molecular complexity index is 394. The van der Waals surface area contributed by atoms with Crippen molar-refractivity contribution in [2.75, 3.05) is 11.9 Å². The molecule has 0 atom stereocenters. The van der Waals surface area contributed by atoms with Crippen molar-refractivity contribution in [2.24, 2.45) is 5.41 Å². The fraction of sp³-hybridized carbons (Fsp3) is 0.467. The van der Waals surface area contributed by atoms with Gasteiger partial charge in [0.05, 0.1) is 6.61 Å². The average Bonchev–Trinajstić information content (AvgIpc) is 2.49. The van der Waals surface area contributed by atoms with Gasteiger partial charge in [0.2, 0.25) is 0 Å². The molecule has 2 rings (SSSR count). The van der Waals surface area contributed by atoms with Gasteiger partial charge in [-0.15, -0.1) is 0 Å². The second-order valence-electron chi connectivity index (χ2n) is 4.58. The highest BCUT2D eigenvalue weighted by atomic mass is 79.9. The molecule has 0 saturated carbocycles. The van der Waals surface area contributed by atoms with Gasteiger partial charge in [-0.3, -0.25) is 0 Å². The van der Waals surface area contributed by atoms with Crippen LogP contribution in [-0.4, -0.2) is 11.9 Å². The Morgan fingerprint density at radius 3 is 2.53 bits per heavy atom. The molecule has 0 aromatic heterocycles. The van der Waals surface area contributed by atoms with E-state index in [1.807, 2.05) is 26.0 Å². The molecule has 0 saturated heterocycles. The number of para-hydroxylation sites is 1. The molecule has 1 aromatic carbocycles. The van der Waals surface area contributed by atoms with E-state index in [0.717, 1.165) is 17.7 Å². The minimum absolute atomic E-state index is 0.0993. The molecule has 0 fully saturated rings. The van der Waals surface area contributed by atoms with Crippen LogP contribution >= 0.6 is 15.9 Å². The zero-order valence-electron chi connectivity index (χ0n) is 11.1. The summed E-state index contributed by atoms with van der Waals surface area (Å²) in [5.74, 6) is 0.994. The number of fused-ring (bicyclic) bond motifs is 1. The van der Waals surface area contributed by atoms with Crippen LogP contribution in [0.15, 0.2) is 30.3 Å². The minimum Gasteiger partial charge on any atom is -0.492 e. The first-order chi connectivity index (χ1) is 8.12. The second kappa shape index (κ2) is 6.25. The Kier molecular flexibility index (Phi) is 5.26. The fourth-order valence-corrected chi connectivity index (χ4v) is 2.29. The topological polar surface area (TPSA) is 9.23 Å². The summed E-state index contributed by atoms with van der Waals surface area (Å²) in [5, 5.41) is 0.872. The van der Waals surface area contributed by atoms with Crippen LogP contribution in [0.2, 0.25) is 0 Å². The zero-order valence-corrected chi connectivity index (χ0v) is 12.7. The monoisotopic (exact) mass is 296 g/mol. The highest BCUT2D eigenvalue weighted by molar-refractivity contribution is 9.09. The van der Waals surface area contributed by atoms with Gasteiger partial charge in [0.15, 0.2) is 0 Å². The van der Waals surface area contributed by atoms with Crippen LogP contribution in [0.3, 0.4) is 0 Å². The number of ether oxygens (including phenoxy) is 1. The minimum atomic E-state index is 0.0993. The van der Waals surface area contributed by atoms with Gasteiger partial charge < -0.3 is 4.74 Å². The number of hydrogen-bond acceptors (Lipinski definition) is 1. The third-order valence-electron chi connectivity index (χ3n) is 2.54. The molecule has 2 heteroatoms. The van der Waals surface area contributed by atoms with Crippen molar-refractivity contribution in [3.63, 3.8) is 0 Å². The molecular weight excluding hydrogens is 276 g/mol. The molecule has 0 radical (unpaired) electrons. The maximum Gasteiger partial charge on any atom is 0.126 e. The molecule has 1 aromatic rings. The van der Waals surface area contributed by atoms with Crippen LogP contribution in [0, 0.1) is 5.41 Å². The Balaban J connectivity index is 0.000000686. The number of halogens is 1. The van der Waals surface area contributed by atoms with Crippen molar-refractivity contribution in [3.05, 3.63) is 35.9 Å². The molecule has 0 unspecified atom stereocenters. The van der Waals surface area contributed by atoms with Crippen molar-refractivity contribution >= 4 is 21.5 Å². The maximum absolute atomic E-state index is 5.82. The normalized spacial score (nSPS) is 16.6. The first kappa shape index (κ1) is 14.3. The second-order valence-corrected chi connectivity index (χ2v) is 5.14. The van der Waals surface area contributed by atoms with Crippen molar-refractivity contribution in [2.45, 2.75) is 27.7 Å². The predicted octanol–water partition coefficient (Wildman–Crippen LogP) is 4.91. The predicted molar refractivity (Wildman–Crippen MR) is 78.8 cm³/mol. The summed E-state index contributed by atoms with van der Waals surface area (Å²) in [6.07, 6.45) is 2.30. The standard InChI is InChI=1S/C13H15BrO.C2H6/c1-13(2)7-10(8-14)11-5-3-4-6-12(11)15-9-13;1-2/h3-7H,8-9H2,1-2H3;1-2H3. The van der Waals surface area contributed by atoms with Gasteiger partial charge >= 0.3 is 0 Å². The van der Waals surface area contributed by atoms with E-state index in [4.69, 9.17) is 4.74 Å². The lowest BCUT2D eigenvalue weighted by atomic mass is 9.91. The molecule has 0 aliphatic carbocycles. The van der Waals surface area contributed by atoms with Crippen LogP contribution in [0.25, 0.3) is 5.57 Å². The van der Waals surface area contributed by atoms with Gasteiger partial charge in [0.1, 0.15) is 5.75 Å². The molecule has 1 aliphatic heterocycles. The third kappa shape index (κ3) is 3.60. The first-order valence-electron chi connectivity index (χ1n) is 6.12. The molecule has 94 valence electrons. The van der Waals surface area contributed by atoms with Gasteiger partial charge in [-0.2, -0.15) is 0 Å². The molecule has 1 heterocycles. The fourth-order valence-electron chi connectivity index (χ4n) is 1.82. The molecule has 0 amide bonds. The van der Waals surface area contributed by atoms with E-state index in [0.29, 0.717) is 0 Å². The number of benzene rings is 1. The van der Waals surface area contributed by atoms with E-state index >= 15 is 0 Å². The Hall–Kier alpha value is -0.760. The van der Waals surface area contributed by atoms with Crippen molar-refractivity contribution in [3.8, 4) is 5.75 Å². The Labute approximate surface area is 113 Å². The van der Waals surface area contributed by atoms with Crippen LogP contribution < -0.4 is 4.74 Å². The van der Waals surface area contributed by atoms with Gasteiger partial charge in [0, 0.05) is 16.3 Å². The molecule has 0 spiro atoms. The molecule has 1 nitrogen and oxygen atoms in total. The summed E-state index contributed by atoms with van der Waals surface area (Å²) in [6.45, 7) is 9.13. The van der Waals surface area contributed by atoms with Gasteiger partial charge in [0.25, 0.3) is 0 Å². The van der Waals surface area contributed by atoms with Crippen molar-refractivity contribution in [1.29, 1.82) is 0 Å². The van der Waals surface area contributed by atoms with Crippen LogP contribution in [-0.2, 0) is 0 Å². The maximum atomic E-state index is 5.82. The Morgan fingerprint density at radius 2 is 1.88 bits per heavy atom. The number of rotatable bonds is 1. The summed E-state index contributed by atoms with van der Waals surface area (Å²) >= 11 is 3.54. The SMILES string of the molecule is CC.CC1(C)C=C(CBr)c2ccccc2OC1. The third-order valence-corrected chi connectivity index (χ3v) is 3.15. The van der Waals surface area contributed by atoms with E-state index in [1.54, 1.807) is 0 Å². The quantitative estimate of drug-likeness (QED) is 0.669. The van der Waals surface area contributed by atoms with E-state index in [9.17, 15) is 0 Å². The highest BCUT2D eigenvalue weighted by Gasteiger charge is 2.22. The van der Waals surface area contributed by atoms with Gasteiger partial charge in [-0.25, -0.2) is 0 Å². The van der Waals surface area contributed by atoms with E-state index < -0.39 is 0 Å². The summed E-state index contributed by atoms with van der Waals surface area (Å²) < 4.78 is 5.82. The molecule has 0 bridgehead atoms. The van der Waals surface area contributed by atoms with Crippen LogP contribution in [0.5, 0.6) is 5.75 Å². The number of allylic oxidation sites excluding steroid dienone is 1. The summed E-state index contributed by atoms with van der Waals surface area (Å²) in [5.41, 5.74) is 2.62. The highest BCUT2D eigenvalue weighted by Crippen LogP contribution is 2.35. The Morgan fingerprint density at radius 1 is 1.24 bits per heavy atom. The first-order valence-corrected chi connectivity index (χ1v) is 7.24. The van der Waals surface area contributed by atoms with Crippen LogP contribution in [0.1, 0.15) is 33.3 Å². The van der Waals surface area contributed by atoms with Gasteiger partial charge in [-0.05, 0) is 11.6 Å². The summed E-state index contributed by atoms with van der Waals surface area (Å²) in [4.78, 5) is 0. The lowest BCUT2D eigenvalue weighted by Crippen LogP contribution is -2.17. The lowest BCUT2D eigenvalue weighted by Gasteiger charge is -2.18. The molecule has 1 aliphatic rings. The van der Waals surface area contributed by atoms with Crippen molar-refractivity contribution < 1.29 is 4.74 Å². The zero-order chi connectivity index (χ0) is 12.9. The van der Waals surface area contributed by atoms with Crippen LogP contribution in [0.4, 0.5) is 0 Å². The smallest absolute Gasteiger partial charge is 0.126 e. The van der Waals surface area contributed by atoms with E-state index in [2.05, 4.69) is 48.0 Å². The lowest BCUT2D eigenvalue weighted by molar-refractivity contribution is 0.225. The number of hydrogen-bond donors (Lipinski definition) is 0. The molecule has 17 heavy (non-hydrogen) atoms. The average molecular weight is 297 g/mol. The largest absolute Gasteiger partial charge is 0.492 e. The summed E-state index contributed by atoms with van der Waals surface area (Å²) in [7, 11) is 0. The van der Waals surface area contributed by atoms with Crippen molar-refractivity contribution in [1.82, 2.24) is 0 Å². The van der Waals surface area contributed by atoms with Gasteiger partial charge in [-0.1, -0.05) is 67.9 Å². The van der Waals surface area contributed by atoms with E-state index in [1.165, 1.54) is 11.1 Å².